The van der Waals surface area contributed by atoms with Crippen LogP contribution >= 0.6 is 23.2 Å². The summed E-state index contributed by atoms with van der Waals surface area (Å²) in [6, 6.07) is 13.4. The Balaban J connectivity index is 1.14. The summed E-state index contributed by atoms with van der Waals surface area (Å²) in [6.07, 6.45) is 1.78. The highest BCUT2D eigenvalue weighted by atomic mass is 35.5. The Bertz CT molecular complexity index is 1130. The van der Waals surface area contributed by atoms with Crippen LogP contribution in [0.2, 0.25) is 10.0 Å². The number of hydrogen-bond acceptors (Lipinski definition) is 5. The number of pyridine rings is 1. The van der Waals surface area contributed by atoms with Crippen molar-refractivity contribution >= 4 is 40.0 Å². The Kier molecular flexibility index (Phi) is 7.98. The number of amides is 1. The predicted octanol–water partition coefficient (Wildman–Crippen LogP) is 4.71. The van der Waals surface area contributed by atoms with E-state index < -0.39 is 5.82 Å². The van der Waals surface area contributed by atoms with Crippen molar-refractivity contribution in [2.75, 3.05) is 32.8 Å². The molecule has 1 fully saturated rings. The summed E-state index contributed by atoms with van der Waals surface area (Å²) in [5.41, 5.74) is 4.53. The van der Waals surface area contributed by atoms with Crippen molar-refractivity contribution in [1.82, 2.24) is 20.7 Å². The lowest BCUT2D eigenvalue weighted by Crippen LogP contribution is -2.38. The normalized spacial score (nSPS) is 16.3. The van der Waals surface area contributed by atoms with Crippen molar-refractivity contribution in [1.29, 1.82) is 0 Å². The molecule has 4 rings (SSSR count). The second-order valence-electron chi connectivity index (χ2n) is 8.03. The molecule has 1 aliphatic rings. The van der Waals surface area contributed by atoms with Crippen molar-refractivity contribution in [3.63, 3.8) is 0 Å². The fraction of sp³-hybridized carbons (Fsp3) is 0.333. The van der Waals surface area contributed by atoms with E-state index in [1.807, 2.05) is 18.2 Å². The van der Waals surface area contributed by atoms with Crippen molar-refractivity contribution in [3.05, 3.63) is 70.1 Å². The number of benzene rings is 2. The molecule has 1 aliphatic heterocycles. The molecule has 0 bridgehead atoms. The van der Waals surface area contributed by atoms with Crippen LogP contribution in [0.5, 0.6) is 5.75 Å². The van der Waals surface area contributed by atoms with Gasteiger partial charge in [0.1, 0.15) is 17.3 Å². The molecule has 2 N–H and O–H groups in total. The van der Waals surface area contributed by atoms with Gasteiger partial charge < -0.3 is 10.1 Å². The summed E-state index contributed by atoms with van der Waals surface area (Å²) < 4.78 is 19.0. The quantitative estimate of drug-likeness (QED) is 0.425. The van der Waals surface area contributed by atoms with E-state index in [2.05, 4.69) is 20.7 Å². The first-order valence-corrected chi connectivity index (χ1v) is 11.6. The minimum atomic E-state index is -0.483. The Hall–Kier alpha value is -2.45. The number of halogens is 3. The summed E-state index contributed by atoms with van der Waals surface area (Å²) in [5, 5.41) is 6.80. The molecule has 174 valence electrons. The van der Waals surface area contributed by atoms with E-state index in [4.69, 9.17) is 27.9 Å². The van der Waals surface area contributed by atoms with E-state index in [0.717, 1.165) is 43.4 Å². The molecule has 33 heavy (non-hydrogen) atoms. The third kappa shape index (κ3) is 6.54. The average Bonchev–Trinajstić information content (AvgIpc) is 3.27. The van der Waals surface area contributed by atoms with E-state index in [-0.39, 0.29) is 10.9 Å². The number of hydrogen-bond donors (Lipinski definition) is 2. The maximum atomic E-state index is 13.4. The van der Waals surface area contributed by atoms with E-state index in [1.54, 1.807) is 18.2 Å². The number of nitrogens with one attached hydrogen (secondary N) is 2. The van der Waals surface area contributed by atoms with E-state index in [9.17, 15) is 9.18 Å². The first-order chi connectivity index (χ1) is 16.0. The van der Waals surface area contributed by atoms with Gasteiger partial charge in [0.15, 0.2) is 0 Å². The van der Waals surface area contributed by atoms with E-state index >= 15 is 0 Å². The van der Waals surface area contributed by atoms with Gasteiger partial charge in [-0.25, -0.2) is 14.4 Å². The van der Waals surface area contributed by atoms with Crippen LogP contribution in [0.4, 0.5) is 4.39 Å². The minimum Gasteiger partial charge on any atom is -0.493 e. The molecule has 1 atom stereocenters. The topological polar surface area (TPSA) is 66.5 Å². The van der Waals surface area contributed by atoms with Crippen LogP contribution < -0.4 is 15.5 Å². The maximum absolute atomic E-state index is 13.4. The highest BCUT2D eigenvalue weighted by Crippen LogP contribution is 2.21. The standard InChI is InChI=1S/C24H25Cl2FN4O2/c25-18-3-7-22-17(12-18)2-6-23(30-22)24(32)28-14-16-8-10-31(15-16)29-9-1-11-33-19-4-5-20(26)21(27)13-19/h2-7,12-13,16,29H,1,8-11,14-15H2,(H,28,32). The van der Waals surface area contributed by atoms with Crippen LogP contribution in [-0.2, 0) is 0 Å². The fourth-order valence-electron chi connectivity index (χ4n) is 3.76. The highest BCUT2D eigenvalue weighted by Gasteiger charge is 2.23. The van der Waals surface area contributed by atoms with Gasteiger partial charge in [0.05, 0.1) is 17.1 Å². The number of carbonyl (C=O) groups excluding carboxylic acids is 1. The van der Waals surface area contributed by atoms with E-state index in [0.29, 0.717) is 35.5 Å². The van der Waals surface area contributed by atoms with Gasteiger partial charge in [-0.3, -0.25) is 10.2 Å². The number of nitrogens with zero attached hydrogens (tertiary/aromatic N) is 2. The first kappa shape index (κ1) is 23.7. The third-order valence-electron chi connectivity index (χ3n) is 5.54. The van der Waals surface area contributed by atoms with Crippen molar-refractivity contribution in [3.8, 4) is 5.75 Å². The van der Waals surface area contributed by atoms with Crippen LogP contribution in [0.15, 0.2) is 48.5 Å². The molecule has 0 spiro atoms. The van der Waals surface area contributed by atoms with Crippen LogP contribution in [0, 0.1) is 11.7 Å². The monoisotopic (exact) mass is 490 g/mol. The molecular weight excluding hydrogens is 466 g/mol. The Labute approximate surface area is 202 Å². The Morgan fingerprint density at radius 1 is 1.18 bits per heavy atom. The lowest BCUT2D eigenvalue weighted by molar-refractivity contribution is 0.0942. The molecule has 2 aromatic carbocycles. The van der Waals surface area contributed by atoms with Gasteiger partial charge in [-0.05, 0) is 55.2 Å². The minimum absolute atomic E-state index is 0.0858. The second kappa shape index (κ2) is 11.1. The third-order valence-corrected chi connectivity index (χ3v) is 6.08. The average molecular weight is 491 g/mol. The number of fused-ring (bicyclic) bond motifs is 1. The number of carbonyl (C=O) groups is 1. The maximum Gasteiger partial charge on any atom is 0.269 e. The first-order valence-electron chi connectivity index (χ1n) is 10.9. The largest absolute Gasteiger partial charge is 0.493 e. The van der Waals surface area contributed by atoms with Gasteiger partial charge in [0.25, 0.3) is 5.91 Å². The van der Waals surface area contributed by atoms with Gasteiger partial charge >= 0.3 is 0 Å². The van der Waals surface area contributed by atoms with Crippen LogP contribution in [0.3, 0.4) is 0 Å². The number of aromatic nitrogens is 1. The Morgan fingerprint density at radius 2 is 2.06 bits per heavy atom. The molecule has 3 aromatic rings. The van der Waals surface area contributed by atoms with Crippen LogP contribution in [0.25, 0.3) is 10.9 Å². The number of rotatable bonds is 9. The SMILES string of the molecule is O=C(NCC1CCN(NCCCOc2ccc(Cl)c(F)c2)C1)c1ccc2cc(Cl)ccc2n1. The van der Waals surface area contributed by atoms with Gasteiger partial charge in [-0.2, -0.15) is 0 Å². The summed E-state index contributed by atoms with van der Waals surface area (Å²) in [5.74, 6) is 0.186. The van der Waals surface area contributed by atoms with Gasteiger partial charge in [-0.1, -0.05) is 29.3 Å². The molecule has 1 saturated heterocycles. The molecule has 2 heterocycles. The molecule has 1 aromatic heterocycles. The number of hydrazine groups is 1. The van der Waals surface area contributed by atoms with Crippen LogP contribution in [-0.4, -0.2) is 48.7 Å². The Morgan fingerprint density at radius 3 is 2.91 bits per heavy atom. The smallest absolute Gasteiger partial charge is 0.269 e. The zero-order valence-corrected chi connectivity index (χ0v) is 19.5. The van der Waals surface area contributed by atoms with Crippen molar-refractivity contribution in [2.45, 2.75) is 12.8 Å². The molecule has 1 unspecified atom stereocenters. The molecule has 0 radical (unpaired) electrons. The zero-order valence-electron chi connectivity index (χ0n) is 18.0. The van der Waals surface area contributed by atoms with Crippen LogP contribution in [0.1, 0.15) is 23.3 Å². The molecule has 0 saturated carbocycles. The molecule has 1 amide bonds. The highest BCUT2D eigenvalue weighted by molar-refractivity contribution is 6.31. The predicted molar refractivity (Wildman–Crippen MR) is 128 cm³/mol. The zero-order chi connectivity index (χ0) is 23.2. The molecular formula is C24H25Cl2FN4O2. The van der Waals surface area contributed by atoms with E-state index in [1.165, 1.54) is 12.1 Å². The van der Waals surface area contributed by atoms with Gasteiger partial charge in [-0.15, -0.1) is 0 Å². The molecule has 0 aliphatic carbocycles. The summed E-state index contributed by atoms with van der Waals surface area (Å²) >= 11 is 11.7. The van der Waals surface area contributed by atoms with Gasteiger partial charge in [0.2, 0.25) is 0 Å². The van der Waals surface area contributed by atoms with Gasteiger partial charge in [0, 0.05) is 42.7 Å². The summed E-state index contributed by atoms with van der Waals surface area (Å²) in [4.78, 5) is 17.0. The molecule has 9 heteroatoms. The summed E-state index contributed by atoms with van der Waals surface area (Å²) in [7, 11) is 0. The van der Waals surface area contributed by atoms with Crippen molar-refractivity contribution < 1.29 is 13.9 Å². The lowest BCUT2D eigenvalue weighted by Gasteiger charge is -2.18. The molecule has 6 nitrogen and oxygen atoms in total. The lowest BCUT2D eigenvalue weighted by atomic mass is 10.1. The van der Waals surface area contributed by atoms with Crippen molar-refractivity contribution in [2.24, 2.45) is 5.92 Å². The summed E-state index contributed by atoms with van der Waals surface area (Å²) in [6.45, 7) is 3.60. The second-order valence-corrected chi connectivity index (χ2v) is 8.87. The number of ether oxygens (including phenoxy) is 1. The fourth-order valence-corrected chi connectivity index (χ4v) is 4.06.